The lowest BCUT2D eigenvalue weighted by molar-refractivity contribution is 1.17. The van der Waals surface area contributed by atoms with Gasteiger partial charge in [0.1, 0.15) is 0 Å². The van der Waals surface area contributed by atoms with Crippen molar-refractivity contribution in [3.05, 3.63) is 47.0 Å². The van der Waals surface area contributed by atoms with E-state index in [0.29, 0.717) is 5.88 Å². The van der Waals surface area contributed by atoms with E-state index in [1.807, 2.05) is 24.3 Å². The lowest BCUT2D eigenvalue weighted by Crippen LogP contribution is -1.88. The molecule has 2 rings (SSSR count). The Balaban J connectivity index is 2.67. The zero-order valence-electron chi connectivity index (χ0n) is 7.63. The molecule has 0 aromatic heterocycles. The monoisotopic (exact) mass is 224 g/mol. The number of hydrogen-bond acceptors (Lipinski definition) is 0. The molecule has 0 unspecified atom stereocenters. The molecule has 0 saturated heterocycles. The third-order valence-corrected chi connectivity index (χ3v) is 2.68. The van der Waals surface area contributed by atoms with Crippen molar-refractivity contribution in [1.29, 1.82) is 0 Å². The largest absolute Gasteiger partial charge is 0.126 e. The van der Waals surface area contributed by atoms with Gasteiger partial charge in [0, 0.05) is 10.9 Å². The summed E-state index contributed by atoms with van der Waals surface area (Å²) in [6, 6.07) is 12.2. The minimum Gasteiger partial charge on any atom is -0.126 e. The SMILES string of the molecule is ClCCc1cc(Cl)cc2ccccc12. The number of benzene rings is 2. The van der Waals surface area contributed by atoms with E-state index in [0.717, 1.165) is 11.4 Å². The summed E-state index contributed by atoms with van der Waals surface area (Å²) >= 11 is 11.8. The zero-order chi connectivity index (χ0) is 9.97. The van der Waals surface area contributed by atoms with E-state index >= 15 is 0 Å². The maximum absolute atomic E-state index is 6.02. The van der Waals surface area contributed by atoms with E-state index in [1.165, 1.54) is 16.3 Å². The Morgan fingerprint density at radius 1 is 1.07 bits per heavy atom. The van der Waals surface area contributed by atoms with Crippen LogP contribution in [-0.4, -0.2) is 5.88 Å². The van der Waals surface area contributed by atoms with Crippen LogP contribution in [0.25, 0.3) is 10.8 Å². The number of alkyl halides is 1. The van der Waals surface area contributed by atoms with Crippen LogP contribution >= 0.6 is 23.2 Å². The molecule has 72 valence electrons. The lowest BCUT2D eigenvalue weighted by atomic mass is 10.0. The van der Waals surface area contributed by atoms with Crippen LogP contribution in [0.4, 0.5) is 0 Å². The first kappa shape index (κ1) is 9.82. The van der Waals surface area contributed by atoms with Crippen molar-refractivity contribution in [2.45, 2.75) is 6.42 Å². The van der Waals surface area contributed by atoms with Gasteiger partial charge in [0.25, 0.3) is 0 Å². The molecule has 0 atom stereocenters. The van der Waals surface area contributed by atoms with Gasteiger partial charge in [0.05, 0.1) is 0 Å². The lowest BCUT2D eigenvalue weighted by Gasteiger charge is -2.05. The Morgan fingerprint density at radius 3 is 2.64 bits per heavy atom. The van der Waals surface area contributed by atoms with E-state index in [9.17, 15) is 0 Å². The molecular weight excluding hydrogens is 215 g/mol. The molecule has 0 aliphatic rings. The Morgan fingerprint density at radius 2 is 1.86 bits per heavy atom. The highest BCUT2D eigenvalue weighted by molar-refractivity contribution is 6.31. The van der Waals surface area contributed by atoms with Crippen LogP contribution in [0.15, 0.2) is 36.4 Å². The standard InChI is InChI=1S/C12H10Cl2/c13-6-5-10-8-11(14)7-9-3-1-2-4-12(9)10/h1-4,7-8H,5-6H2. The normalized spacial score (nSPS) is 10.7. The molecule has 2 aromatic carbocycles. The quantitative estimate of drug-likeness (QED) is 0.669. The van der Waals surface area contributed by atoms with Gasteiger partial charge >= 0.3 is 0 Å². The summed E-state index contributed by atoms with van der Waals surface area (Å²) < 4.78 is 0. The first-order valence-corrected chi connectivity index (χ1v) is 5.45. The fraction of sp³-hybridized carbons (Fsp3) is 0.167. The number of hydrogen-bond donors (Lipinski definition) is 0. The van der Waals surface area contributed by atoms with E-state index < -0.39 is 0 Å². The molecule has 0 nitrogen and oxygen atoms in total. The number of rotatable bonds is 2. The molecule has 0 radical (unpaired) electrons. The van der Waals surface area contributed by atoms with Crippen LogP contribution in [0, 0.1) is 0 Å². The van der Waals surface area contributed by atoms with Crippen LogP contribution in [0.3, 0.4) is 0 Å². The molecule has 14 heavy (non-hydrogen) atoms. The molecule has 0 N–H and O–H groups in total. The van der Waals surface area contributed by atoms with Gasteiger partial charge in [-0.15, -0.1) is 11.6 Å². The Labute approximate surface area is 93.4 Å². The average Bonchev–Trinajstić information content (AvgIpc) is 2.18. The summed E-state index contributed by atoms with van der Waals surface area (Å²) in [6.45, 7) is 0. The molecule has 2 aromatic rings. The minimum atomic E-state index is 0.629. The molecule has 0 heterocycles. The molecule has 0 amide bonds. The van der Waals surface area contributed by atoms with Crippen molar-refractivity contribution in [2.75, 3.05) is 5.88 Å². The van der Waals surface area contributed by atoms with Gasteiger partial charge in [-0.1, -0.05) is 35.9 Å². The molecule has 0 spiro atoms. The highest BCUT2D eigenvalue weighted by atomic mass is 35.5. The van der Waals surface area contributed by atoms with Gasteiger partial charge in [-0.05, 0) is 34.9 Å². The summed E-state index contributed by atoms with van der Waals surface area (Å²) in [7, 11) is 0. The van der Waals surface area contributed by atoms with Gasteiger partial charge in [0.2, 0.25) is 0 Å². The zero-order valence-corrected chi connectivity index (χ0v) is 9.15. The van der Waals surface area contributed by atoms with Crippen LogP contribution in [0.1, 0.15) is 5.56 Å². The second-order valence-corrected chi connectivity index (χ2v) is 4.04. The summed E-state index contributed by atoms with van der Waals surface area (Å²) in [6.07, 6.45) is 0.864. The Bertz CT molecular complexity index is 449. The topological polar surface area (TPSA) is 0 Å². The van der Waals surface area contributed by atoms with Crippen LogP contribution in [0.5, 0.6) is 0 Å². The van der Waals surface area contributed by atoms with E-state index in [2.05, 4.69) is 12.1 Å². The predicted molar refractivity (Wildman–Crippen MR) is 63.4 cm³/mol. The van der Waals surface area contributed by atoms with Gasteiger partial charge in [-0.25, -0.2) is 0 Å². The molecule has 0 saturated carbocycles. The van der Waals surface area contributed by atoms with Gasteiger partial charge in [-0.2, -0.15) is 0 Å². The average molecular weight is 225 g/mol. The van der Waals surface area contributed by atoms with E-state index in [1.54, 1.807) is 0 Å². The highest BCUT2D eigenvalue weighted by Crippen LogP contribution is 2.24. The third kappa shape index (κ3) is 1.87. The first-order chi connectivity index (χ1) is 6.81. The molecule has 0 fully saturated rings. The van der Waals surface area contributed by atoms with Crippen LogP contribution in [0.2, 0.25) is 5.02 Å². The summed E-state index contributed by atoms with van der Waals surface area (Å²) in [5.74, 6) is 0.629. The van der Waals surface area contributed by atoms with Crippen molar-refractivity contribution in [3.8, 4) is 0 Å². The van der Waals surface area contributed by atoms with Gasteiger partial charge in [0.15, 0.2) is 0 Å². The Kier molecular flexibility index (Phi) is 2.95. The number of fused-ring (bicyclic) bond motifs is 1. The van der Waals surface area contributed by atoms with Crippen molar-refractivity contribution < 1.29 is 0 Å². The van der Waals surface area contributed by atoms with Crippen LogP contribution < -0.4 is 0 Å². The molecular formula is C12H10Cl2. The van der Waals surface area contributed by atoms with Crippen molar-refractivity contribution >= 4 is 34.0 Å². The summed E-state index contributed by atoms with van der Waals surface area (Å²) in [5, 5.41) is 3.21. The van der Waals surface area contributed by atoms with E-state index in [-0.39, 0.29) is 0 Å². The maximum Gasteiger partial charge on any atom is 0.0415 e. The second kappa shape index (κ2) is 4.20. The fourth-order valence-electron chi connectivity index (χ4n) is 1.66. The van der Waals surface area contributed by atoms with Crippen molar-refractivity contribution in [2.24, 2.45) is 0 Å². The summed E-state index contributed by atoms with van der Waals surface area (Å²) in [4.78, 5) is 0. The van der Waals surface area contributed by atoms with Crippen LogP contribution in [-0.2, 0) is 6.42 Å². The van der Waals surface area contributed by atoms with Crippen molar-refractivity contribution in [1.82, 2.24) is 0 Å². The van der Waals surface area contributed by atoms with Gasteiger partial charge in [-0.3, -0.25) is 0 Å². The molecule has 2 heteroatoms. The third-order valence-electron chi connectivity index (χ3n) is 2.28. The van der Waals surface area contributed by atoms with E-state index in [4.69, 9.17) is 23.2 Å². The highest BCUT2D eigenvalue weighted by Gasteiger charge is 2.01. The fourth-order valence-corrected chi connectivity index (χ4v) is 2.11. The smallest absolute Gasteiger partial charge is 0.0415 e. The number of aryl methyl sites for hydroxylation is 1. The minimum absolute atomic E-state index is 0.629. The second-order valence-electron chi connectivity index (χ2n) is 3.23. The Hall–Kier alpha value is -0.720. The predicted octanol–water partition coefficient (Wildman–Crippen LogP) is 4.27. The van der Waals surface area contributed by atoms with Gasteiger partial charge < -0.3 is 0 Å². The number of halogens is 2. The maximum atomic E-state index is 6.02. The molecule has 0 aliphatic heterocycles. The molecule has 0 bridgehead atoms. The summed E-state index contributed by atoms with van der Waals surface area (Å²) in [5.41, 5.74) is 1.23. The van der Waals surface area contributed by atoms with Crippen molar-refractivity contribution in [3.63, 3.8) is 0 Å². The molecule has 0 aliphatic carbocycles. The first-order valence-electron chi connectivity index (χ1n) is 4.54.